The van der Waals surface area contributed by atoms with E-state index in [0.29, 0.717) is 40.5 Å². The van der Waals surface area contributed by atoms with Gasteiger partial charge in [0.15, 0.2) is 12.4 Å². The Balaban J connectivity index is 1.29. The molecule has 2 saturated carbocycles. The third-order valence-electron chi connectivity index (χ3n) is 6.89. The Kier molecular flexibility index (Phi) is 6.58. The van der Waals surface area contributed by atoms with Crippen LogP contribution in [0.4, 0.5) is 5.69 Å². The summed E-state index contributed by atoms with van der Waals surface area (Å²) in [6.45, 7) is 2.14. The molecular formula is C26H29NO5. The third kappa shape index (κ3) is 4.85. The van der Waals surface area contributed by atoms with Crippen LogP contribution in [0.5, 0.6) is 11.5 Å². The lowest BCUT2D eigenvalue weighted by atomic mass is 9.86. The standard InChI is InChI=1S/C26H29NO5/c1-16-13-23(16)21-11-12-22(24(21)14-28)26(30)27-18-5-9-20(10-6-18)32-15-25(29)17-3-7-19(31-2)8-4-17/h3-10,14,16,21-24H,11-13,15H2,1-2H3,(H,27,30). The molecule has 1 amide bonds. The van der Waals surface area contributed by atoms with Crippen LogP contribution in [-0.2, 0) is 9.59 Å². The van der Waals surface area contributed by atoms with Crippen molar-refractivity contribution in [3.63, 3.8) is 0 Å². The summed E-state index contributed by atoms with van der Waals surface area (Å²) in [5.74, 6) is 2.17. The SMILES string of the molecule is COc1ccc(C(=O)COc2ccc(NC(=O)C3CCC(C4CC4C)C3C=O)cc2)cc1. The zero-order valence-electron chi connectivity index (χ0n) is 18.5. The third-order valence-corrected chi connectivity index (χ3v) is 6.89. The predicted octanol–water partition coefficient (Wildman–Crippen LogP) is 4.39. The van der Waals surface area contributed by atoms with E-state index in [1.165, 1.54) is 6.42 Å². The van der Waals surface area contributed by atoms with Crippen molar-refractivity contribution in [1.29, 1.82) is 0 Å². The van der Waals surface area contributed by atoms with E-state index < -0.39 is 0 Å². The number of nitrogens with one attached hydrogen (secondary N) is 1. The minimum Gasteiger partial charge on any atom is -0.497 e. The van der Waals surface area contributed by atoms with Gasteiger partial charge in [-0.05, 0) is 85.5 Å². The number of hydrogen-bond acceptors (Lipinski definition) is 5. The van der Waals surface area contributed by atoms with E-state index in [2.05, 4.69) is 12.2 Å². The van der Waals surface area contributed by atoms with E-state index in [-0.39, 0.29) is 30.1 Å². The molecule has 5 atom stereocenters. The van der Waals surface area contributed by atoms with Crippen molar-refractivity contribution in [2.45, 2.75) is 26.2 Å². The highest BCUT2D eigenvalue weighted by atomic mass is 16.5. The lowest BCUT2D eigenvalue weighted by molar-refractivity contribution is -0.125. The average Bonchev–Trinajstić information content (AvgIpc) is 3.38. The molecule has 0 radical (unpaired) electrons. The maximum Gasteiger partial charge on any atom is 0.228 e. The smallest absolute Gasteiger partial charge is 0.228 e. The van der Waals surface area contributed by atoms with E-state index in [4.69, 9.17) is 9.47 Å². The lowest BCUT2D eigenvalue weighted by Crippen LogP contribution is -2.29. The Morgan fingerprint density at radius 1 is 1.00 bits per heavy atom. The van der Waals surface area contributed by atoms with E-state index in [1.807, 2.05) is 0 Å². The summed E-state index contributed by atoms with van der Waals surface area (Å²) in [7, 11) is 1.58. The van der Waals surface area contributed by atoms with E-state index in [1.54, 1.807) is 55.6 Å². The van der Waals surface area contributed by atoms with Crippen molar-refractivity contribution in [2.75, 3.05) is 19.0 Å². The molecule has 0 bridgehead atoms. The molecule has 2 aromatic rings. The molecule has 1 N–H and O–H groups in total. The zero-order valence-corrected chi connectivity index (χ0v) is 18.5. The largest absolute Gasteiger partial charge is 0.497 e. The van der Waals surface area contributed by atoms with Gasteiger partial charge in [-0.1, -0.05) is 6.92 Å². The first-order valence-electron chi connectivity index (χ1n) is 11.2. The van der Waals surface area contributed by atoms with Gasteiger partial charge in [0.05, 0.1) is 7.11 Å². The summed E-state index contributed by atoms with van der Waals surface area (Å²) >= 11 is 0. The van der Waals surface area contributed by atoms with Gasteiger partial charge >= 0.3 is 0 Å². The summed E-state index contributed by atoms with van der Waals surface area (Å²) < 4.78 is 10.7. The Labute approximate surface area is 188 Å². The molecule has 0 spiro atoms. The molecule has 32 heavy (non-hydrogen) atoms. The number of hydrogen-bond donors (Lipinski definition) is 1. The van der Waals surface area contributed by atoms with Gasteiger partial charge in [-0.2, -0.15) is 0 Å². The molecule has 168 valence electrons. The second-order valence-corrected chi connectivity index (χ2v) is 8.89. The van der Waals surface area contributed by atoms with Crippen LogP contribution >= 0.6 is 0 Å². The van der Waals surface area contributed by atoms with Gasteiger partial charge in [0, 0.05) is 23.1 Å². The molecule has 0 heterocycles. The van der Waals surface area contributed by atoms with E-state index >= 15 is 0 Å². The van der Waals surface area contributed by atoms with Crippen LogP contribution in [0.2, 0.25) is 0 Å². The second kappa shape index (κ2) is 9.55. The van der Waals surface area contributed by atoms with Crippen LogP contribution in [-0.4, -0.2) is 31.7 Å². The van der Waals surface area contributed by atoms with Crippen molar-refractivity contribution in [3.05, 3.63) is 54.1 Å². The molecule has 5 unspecified atom stereocenters. The topological polar surface area (TPSA) is 81.7 Å². The number of Topliss-reactive ketones (excluding diaryl/α,β-unsaturated/α-hetero) is 1. The molecule has 6 nitrogen and oxygen atoms in total. The minimum atomic E-state index is -0.261. The second-order valence-electron chi connectivity index (χ2n) is 8.89. The van der Waals surface area contributed by atoms with Crippen LogP contribution in [0.25, 0.3) is 0 Å². The average molecular weight is 436 g/mol. The number of carbonyl (C=O) groups excluding carboxylic acids is 3. The number of carbonyl (C=O) groups is 3. The highest BCUT2D eigenvalue weighted by Gasteiger charge is 2.49. The Morgan fingerprint density at radius 3 is 2.25 bits per heavy atom. The monoisotopic (exact) mass is 435 g/mol. The van der Waals surface area contributed by atoms with Gasteiger partial charge < -0.3 is 19.6 Å². The van der Waals surface area contributed by atoms with E-state index in [9.17, 15) is 14.4 Å². The van der Waals surface area contributed by atoms with Crippen molar-refractivity contribution < 1.29 is 23.9 Å². The summed E-state index contributed by atoms with van der Waals surface area (Å²) in [4.78, 5) is 36.8. The molecule has 2 fully saturated rings. The Bertz CT molecular complexity index is 969. The number of benzene rings is 2. The molecule has 2 aliphatic carbocycles. The quantitative estimate of drug-likeness (QED) is 0.467. The fraction of sp³-hybridized carbons (Fsp3) is 0.423. The Hall–Kier alpha value is -3.15. The van der Waals surface area contributed by atoms with Crippen molar-refractivity contribution >= 4 is 23.7 Å². The number of rotatable bonds is 9. The van der Waals surface area contributed by atoms with Gasteiger partial charge in [-0.3, -0.25) is 9.59 Å². The van der Waals surface area contributed by atoms with Crippen LogP contribution < -0.4 is 14.8 Å². The predicted molar refractivity (Wildman–Crippen MR) is 121 cm³/mol. The first-order valence-corrected chi connectivity index (χ1v) is 11.2. The highest BCUT2D eigenvalue weighted by Crippen LogP contribution is 2.53. The first-order chi connectivity index (χ1) is 15.5. The summed E-state index contributed by atoms with van der Waals surface area (Å²) in [5, 5.41) is 2.94. The number of ketones is 1. The molecule has 6 heteroatoms. The molecule has 4 rings (SSSR count). The summed E-state index contributed by atoms with van der Waals surface area (Å²) in [6.07, 6.45) is 3.87. The van der Waals surface area contributed by atoms with Crippen LogP contribution in [0.1, 0.15) is 36.5 Å². The number of amides is 1. The fourth-order valence-electron chi connectivity index (χ4n) is 4.88. The molecule has 0 aliphatic heterocycles. The van der Waals surface area contributed by atoms with Crippen molar-refractivity contribution in [1.82, 2.24) is 0 Å². The van der Waals surface area contributed by atoms with Gasteiger partial charge in [0.25, 0.3) is 0 Å². The van der Waals surface area contributed by atoms with Crippen molar-refractivity contribution in [3.8, 4) is 11.5 Å². The normalized spacial score (nSPS) is 26.2. The highest BCUT2D eigenvalue weighted by molar-refractivity contribution is 5.97. The zero-order chi connectivity index (χ0) is 22.7. The van der Waals surface area contributed by atoms with Gasteiger partial charge in [0.1, 0.15) is 17.8 Å². The molecule has 0 aromatic heterocycles. The van der Waals surface area contributed by atoms with Crippen LogP contribution in [0, 0.1) is 29.6 Å². The van der Waals surface area contributed by atoms with Crippen molar-refractivity contribution in [2.24, 2.45) is 29.6 Å². The first kappa shape index (κ1) is 22.1. The fourth-order valence-corrected chi connectivity index (χ4v) is 4.88. The number of anilines is 1. The minimum absolute atomic E-state index is 0.0812. The summed E-state index contributed by atoms with van der Waals surface area (Å²) in [6, 6.07) is 13.8. The number of aldehydes is 1. The molecular weight excluding hydrogens is 406 g/mol. The maximum atomic E-state index is 12.8. The molecule has 2 aromatic carbocycles. The summed E-state index contributed by atoms with van der Waals surface area (Å²) in [5.41, 5.74) is 1.20. The van der Waals surface area contributed by atoms with Gasteiger partial charge in [0.2, 0.25) is 5.91 Å². The van der Waals surface area contributed by atoms with Gasteiger partial charge in [-0.15, -0.1) is 0 Å². The number of methoxy groups -OCH3 is 1. The van der Waals surface area contributed by atoms with Crippen LogP contribution in [0.3, 0.4) is 0 Å². The molecule has 0 saturated heterocycles. The molecule has 2 aliphatic rings. The van der Waals surface area contributed by atoms with Gasteiger partial charge in [-0.25, -0.2) is 0 Å². The maximum absolute atomic E-state index is 12.8. The van der Waals surface area contributed by atoms with E-state index in [0.717, 1.165) is 19.1 Å². The number of ether oxygens (including phenoxy) is 2. The van der Waals surface area contributed by atoms with Crippen LogP contribution in [0.15, 0.2) is 48.5 Å². The lowest BCUT2D eigenvalue weighted by Gasteiger charge is -2.19. The Morgan fingerprint density at radius 2 is 1.66 bits per heavy atom.